The van der Waals surface area contributed by atoms with Crippen LogP contribution in [0.4, 0.5) is 0 Å². The van der Waals surface area contributed by atoms with Crippen molar-refractivity contribution < 1.29 is 4.74 Å². The van der Waals surface area contributed by atoms with E-state index in [-0.39, 0.29) is 5.56 Å². The maximum absolute atomic E-state index is 12.1. The molecule has 1 saturated heterocycles. The largest absolute Gasteiger partial charge is 0.384 e. The minimum absolute atomic E-state index is 0.176. The average Bonchev–Trinajstić information content (AvgIpc) is 3.07. The molecular formula is C19H31N5O2. The van der Waals surface area contributed by atoms with Crippen LogP contribution < -0.4 is 5.56 Å². The summed E-state index contributed by atoms with van der Waals surface area (Å²) in [5, 5.41) is 7.16. The summed E-state index contributed by atoms with van der Waals surface area (Å²) in [6.45, 7) is 4.35. The third kappa shape index (κ3) is 5.14. The van der Waals surface area contributed by atoms with E-state index in [0.717, 1.165) is 18.5 Å². The SMILES string of the molecule is COCCc1nc2c(CCCCCCN3CCCCC3)[nH]nc2c(=O)[nH]1. The molecule has 0 bridgehead atoms. The number of ether oxygens (including phenoxy) is 1. The van der Waals surface area contributed by atoms with Crippen molar-refractivity contribution in [3.63, 3.8) is 0 Å². The highest BCUT2D eigenvalue weighted by atomic mass is 16.5. The second-order valence-corrected chi connectivity index (χ2v) is 7.22. The van der Waals surface area contributed by atoms with Gasteiger partial charge in [0.1, 0.15) is 11.3 Å². The van der Waals surface area contributed by atoms with E-state index in [4.69, 9.17) is 4.74 Å². The Bertz CT molecular complexity index is 733. The number of aromatic nitrogens is 4. The summed E-state index contributed by atoms with van der Waals surface area (Å²) in [6, 6.07) is 0. The molecule has 144 valence electrons. The zero-order chi connectivity index (χ0) is 18.2. The van der Waals surface area contributed by atoms with Gasteiger partial charge in [0.25, 0.3) is 5.56 Å². The van der Waals surface area contributed by atoms with E-state index in [0.29, 0.717) is 29.9 Å². The molecule has 1 fully saturated rings. The summed E-state index contributed by atoms with van der Waals surface area (Å²) in [5.74, 6) is 0.661. The molecule has 7 heteroatoms. The number of nitrogens with zero attached hydrogens (tertiary/aromatic N) is 3. The second kappa shape index (κ2) is 9.83. The minimum atomic E-state index is -0.176. The maximum Gasteiger partial charge on any atom is 0.279 e. The van der Waals surface area contributed by atoms with Crippen LogP contribution in [0.5, 0.6) is 0 Å². The molecule has 2 aromatic rings. The Morgan fingerprint density at radius 1 is 1.04 bits per heavy atom. The average molecular weight is 361 g/mol. The molecule has 2 N–H and O–H groups in total. The van der Waals surface area contributed by atoms with E-state index >= 15 is 0 Å². The lowest BCUT2D eigenvalue weighted by Gasteiger charge is -2.26. The number of fused-ring (bicyclic) bond motifs is 1. The fourth-order valence-corrected chi connectivity index (χ4v) is 3.67. The fourth-order valence-electron chi connectivity index (χ4n) is 3.67. The number of rotatable bonds is 10. The summed E-state index contributed by atoms with van der Waals surface area (Å²) in [5.41, 5.74) is 1.92. The Balaban J connectivity index is 1.46. The lowest BCUT2D eigenvalue weighted by molar-refractivity contribution is 0.200. The molecule has 0 aromatic carbocycles. The summed E-state index contributed by atoms with van der Waals surface area (Å²) in [6.07, 6.45) is 10.5. The number of piperidine rings is 1. The van der Waals surface area contributed by atoms with E-state index in [1.54, 1.807) is 7.11 Å². The van der Waals surface area contributed by atoms with Gasteiger partial charge in [-0.25, -0.2) is 4.98 Å². The molecular weight excluding hydrogens is 330 g/mol. The van der Waals surface area contributed by atoms with Crippen LogP contribution in [-0.4, -0.2) is 58.4 Å². The zero-order valence-electron chi connectivity index (χ0n) is 15.9. The predicted molar refractivity (Wildman–Crippen MR) is 103 cm³/mol. The Labute approximate surface area is 154 Å². The third-order valence-corrected chi connectivity index (χ3v) is 5.18. The minimum Gasteiger partial charge on any atom is -0.384 e. The first kappa shape index (κ1) is 19.0. The number of nitrogens with one attached hydrogen (secondary N) is 2. The Kier molecular flexibility index (Phi) is 7.20. The zero-order valence-corrected chi connectivity index (χ0v) is 15.9. The molecule has 3 heterocycles. The van der Waals surface area contributed by atoms with Gasteiger partial charge in [0.2, 0.25) is 0 Å². The summed E-state index contributed by atoms with van der Waals surface area (Å²) < 4.78 is 5.07. The molecule has 0 aliphatic carbocycles. The summed E-state index contributed by atoms with van der Waals surface area (Å²) in [4.78, 5) is 22.1. The van der Waals surface area contributed by atoms with Gasteiger partial charge < -0.3 is 14.6 Å². The van der Waals surface area contributed by atoms with Crippen LogP contribution >= 0.6 is 0 Å². The van der Waals surface area contributed by atoms with Gasteiger partial charge in [0.15, 0.2) is 5.52 Å². The van der Waals surface area contributed by atoms with Crippen molar-refractivity contribution in [2.45, 2.75) is 57.8 Å². The number of hydrogen-bond donors (Lipinski definition) is 2. The Hall–Kier alpha value is -1.73. The Morgan fingerprint density at radius 3 is 2.65 bits per heavy atom. The van der Waals surface area contributed by atoms with Crippen molar-refractivity contribution in [2.75, 3.05) is 33.4 Å². The normalized spacial score (nSPS) is 15.7. The molecule has 3 rings (SSSR count). The molecule has 1 aliphatic rings. The van der Waals surface area contributed by atoms with Crippen LogP contribution in [0.2, 0.25) is 0 Å². The van der Waals surface area contributed by atoms with Crippen LogP contribution in [-0.2, 0) is 17.6 Å². The van der Waals surface area contributed by atoms with Crippen molar-refractivity contribution in [1.82, 2.24) is 25.1 Å². The van der Waals surface area contributed by atoms with Gasteiger partial charge in [-0.05, 0) is 51.7 Å². The highest BCUT2D eigenvalue weighted by Gasteiger charge is 2.12. The number of H-pyrrole nitrogens is 2. The molecule has 0 atom stereocenters. The molecule has 2 aromatic heterocycles. The highest BCUT2D eigenvalue weighted by molar-refractivity contribution is 5.75. The lowest BCUT2D eigenvalue weighted by atomic mass is 10.1. The van der Waals surface area contributed by atoms with Crippen molar-refractivity contribution in [2.24, 2.45) is 0 Å². The van der Waals surface area contributed by atoms with Crippen LogP contribution in [0.15, 0.2) is 4.79 Å². The quantitative estimate of drug-likeness (QED) is 0.635. The smallest absolute Gasteiger partial charge is 0.279 e. The van der Waals surface area contributed by atoms with Gasteiger partial charge in [-0.3, -0.25) is 9.89 Å². The predicted octanol–water partition coefficient (Wildman–Crippen LogP) is 2.42. The number of methoxy groups -OCH3 is 1. The molecule has 0 saturated carbocycles. The topological polar surface area (TPSA) is 86.9 Å². The van der Waals surface area contributed by atoms with Gasteiger partial charge >= 0.3 is 0 Å². The molecule has 0 spiro atoms. The van der Waals surface area contributed by atoms with E-state index < -0.39 is 0 Å². The fraction of sp³-hybridized carbons (Fsp3) is 0.737. The van der Waals surface area contributed by atoms with Gasteiger partial charge in [0, 0.05) is 13.5 Å². The van der Waals surface area contributed by atoms with E-state index in [2.05, 4.69) is 25.1 Å². The van der Waals surface area contributed by atoms with E-state index in [9.17, 15) is 4.79 Å². The van der Waals surface area contributed by atoms with Gasteiger partial charge in [-0.1, -0.05) is 19.3 Å². The maximum atomic E-state index is 12.1. The molecule has 1 aliphatic heterocycles. The van der Waals surface area contributed by atoms with E-state index in [1.807, 2.05) is 0 Å². The van der Waals surface area contributed by atoms with Crippen LogP contribution in [0.25, 0.3) is 11.0 Å². The van der Waals surface area contributed by atoms with Gasteiger partial charge in [-0.15, -0.1) is 0 Å². The van der Waals surface area contributed by atoms with Gasteiger partial charge in [0.05, 0.1) is 12.3 Å². The molecule has 7 nitrogen and oxygen atoms in total. The highest BCUT2D eigenvalue weighted by Crippen LogP contribution is 2.15. The first-order chi connectivity index (χ1) is 12.8. The van der Waals surface area contributed by atoms with Crippen LogP contribution in [0, 0.1) is 0 Å². The number of unbranched alkanes of at least 4 members (excludes halogenated alkanes) is 3. The summed E-state index contributed by atoms with van der Waals surface area (Å²) in [7, 11) is 1.64. The number of aryl methyl sites for hydroxylation is 1. The molecule has 0 amide bonds. The van der Waals surface area contributed by atoms with Crippen LogP contribution in [0.3, 0.4) is 0 Å². The lowest BCUT2D eigenvalue weighted by Crippen LogP contribution is -2.30. The van der Waals surface area contributed by atoms with Crippen molar-refractivity contribution in [3.8, 4) is 0 Å². The molecule has 26 heavy (non-hydrogen) atoms. The van der Waals surface area contributed by atoms with Gasteiger partial charge in [-0.2, -0.15) is 5.10 Å². The van der Waals surface area contributed by atoms with Crippen molar-refractivity contribution in [1.29, 1.82) is 0 Å². The standard InChI is InChI=1S/C19H31N5O2/c1-26-14-10-16-20-17-15(22-23-18(17)19(25)21-16)9-5-2-3-6-11-24-12-7-4-8-13-24/h2-14H2,1H3,(H,22,23)(H,20,21,25). The summed E-state index contributed by atoms with van der Waals surface area (Å²) >= 11 is 0. The molecule has 0 unspecified atom stereocenters. The monoisotopic (exact) mass is 361 g/mol. The van der Waals surface area contributed by atoms with Crippen LogP contribution in [0.1, 0.15) is 56.5 Å². The third-order valence-electron chi connectivity index (χ3n) is 5.18. The molecule has 0 radical (unpaired) electrons. The number of aromatic amines is 2. The Morgan fingerprint density at radius 2 is 1.85 bits per heavy atom. The number of likely N-dealkylation sites (tertiary alicyclic amines) is 1. The van der Waals surface area contributed by atoms with E-state index in [1.165, 1.54) is 58.2 Å². The number of hydrogen-bond acceptors (Lipinski definition) is 5. The second-order valence-electron chi connectivity index (χ2n) is 7.22. The van der Waals surface area contributed by atoms with Crippen molar-refractivity contribution in [3.05, 3.63) is 21.9 Å². The van der Waals surface area contributed by atoms with Crippen molar-refractivity contribution >= 4 is 11.0 Å². The first-order valence-corrected chi connectivity index (χ1v) is 9.95. The first-order valence-electron chi connectivity index (χ1n) is 9.95.